The van der Waals surface area contributed by atoms with Crippen LogP contribution in [0.25, 0.3) is 16.6 Å². The minimum absolute atomic E-state index is 0.105. The number of pyridine rings is 1. The number of carboxylic acid groups (broad SMARTS) is 1. The molecular formula is C11H8N4O2. The van der Waals surface area contributed by atoms with Crippen molar-refractivity contribution in [3.63, 3.8) is 0 Å². The van der Waals surface area contributed by atoms with Gasteiger partial charge in [0.2, 0.25) is 0 Å². The number of aryl methyl sites for hydroxylation is 1. The van der Waals surface area contributed by atoms with Crippen molar-refractivity contribution >= 4 is 22.5 Å². The molecule has 0 unspecified atom stereocenters. The van der Waals surface area contributed by atoms with E-state index in [1.807, 2.05) is 25.1 Å². The molecule has 0 atom stereocenters. The number of aromatic nitrogens is 4. The highest BCUT2D eigenvalue weighted by atomic mass is 16.4. The van der Waals surface area contributed by atoms with Gasteiger partial charge in [0.15, 0.2) is 5.65 Å². The van der Waals surface area contributed by atoms with Crippen molar-refractivity contribution in [1.29, 1.82) is 0 Å². The molecule has 0 spiro atoms. The Kier molecular flexibility index (Phi) is 1.85. The van der Waals surface area contributed by atoms with Crippen molar-refractivity contribution in [2.45, 2.75) is 6.92 Å². The summed E-state index contributed by atoms with van der Waals surface area (Å²) in [7, 11) is 0. The molecule has 0 fully saturated rings. The fourth-order valence-corrected chi connectivity index (χ4v) is 1.88. The predicted molar refractivity (Wildman–Crippen MR) is 60.0 cm³/mol. The van der Waals surface area contributed by atoms with E-state index in [2.05, 4.69) is 15.5 Å². The third-order valence-corrected chi connectivity index (χ3v) is 2.65. The van der Waals surface area contributed by atoms with Gasteiger partial charge in [0.1, 0.15) is 5.56 Å². The largest absolute Gasteiger partial charge is 0.478 e. The molecule has 1 aromatic carbocycles. The first-order valence-electron chi connectivity index (χ1n) is 5.01. The SMILES string of the molecule is Cc1ccc2c(c1)cc(C(=O)O)c1nnnn12. The summed E-state index contributed by atoms with van der Waals surface area (Å²) in [6.07, 6.45) is 0. The molecule has 0 saturated carbocycles. The molecule has 84 valence electrons. The van der Waals surface area contributed by atoms with Crippen molar-refractivity contribution in [2.24, 2.45) is 0 Å². The summed E-state index contributed by atoms with van der Waals surface area (Å²) < 4.78 is 1.44. The van der Waals surface area contributed by atoms with E-state index in [0.717, 1.165) is 16.5 Å². The van der Waals surface area contributed by atoms with Crippen LogP contribution in [0.1, 0.15) is 15.9 Å². The van der Waals surface area contributed by atoms with Crippen LogP contribution in [0.3, 0.4) is 0 Å². The second-order valence-electron chi connectivity index (χ2n) is 3.84. The van der Waals surface area contributed by atoms with Gasteiger partial charge in [-0.25, -0.2) is 4.79 Å². The van der Waals surface area contributed by atoms with Gasteiger partial charge in [0.25, 0.3) is 0 Å². The normalized spacial score (nSPS) is 11.1. The molecule has 6 heteroatoms. The first-order valence-corrected chi connectivity index (χ1v) is 5.01. The Labute approximate surface area is 95.5 Å². The molecule has 2 heterocycles. The Balaban J connectivity index is 2.55. The van der Waals surface area contributed by atoms with Crippen LogP contribution in [0.5, 0.6) is 0 Å². The lowest BCUT2D eigenvalue weighted by Gasteiger charge is -2.03. The van der Waals surface area contributed by atoms with Gasteiger partial charge in [0, 0.05) is 5.39 Å². The zero-order valence-corrected chi connectivity index (χ0v) is 8.95. The number of carboxylic acids is 1. The third-order valence-electron chi connectivity index (χ3n) is 2.65. The van der Waals surface area contributed by atoms with E-state index in [1.54, 1.807) is 6.07 Å². The molecule has 3 aromatic rings. The van der Waals surface area contributed by atoms with E-state index in [1.165, 1.54) is 4.52 Å². The fraction of sp³-hybridized carbons (Fsp3) is 0.0909. The molecule has 0 aliphatic carbocycles. The molecule has 17 heavy (non-hydrogen) atoms. The van der Waals surface area contributed by atoms with Gasteiger partial charge in [-0.3, -0.25) is 0 Å². The Morgan fingerprint density at radius 2 is 2.18 bits per heavy atom. The second kappa shape index (κ2) is 3.24. The maximum absolute atomic E-state index is 11.1. The van der Waals surface area contributed by atoms with E-state index in [9.17, 15) is 4.79 Å². The quantitative estimate of drug-likeness (QED) is 0.678. The van der Waals surface area contributed by atoms with Crippen molar-refractivity contribution in [2.75, 3.05) is 0 Å². The Bertz CT molecular complexity index is 748. The maximum Gasteiger partial charge on any atom is 0.339 e. The molecule has 1 N–H and O–H groups in total. The van der Waals surface area contributed by atoms with Crippen molar-refractivity contribution in [3.8, 4) is 0 Å². The van der Waals surface area contributed by atoms with Crippen molar-refractivity contribution < 1.29 is 9.90 Å². The molecule has 0 aliphatic heterocycles. The highest BCUT2D eigenvalue weighted by molar-refractivity contribution is 5.99. The lowest BCUT2D eigenvalue weighted by atomic mass is 10.1. The lowest BCUT2D eigenvalue weighted by Crippen LogP contribution is -2.02. The van der Waals surface area contributed by atoms with Crippen LogP contribution in [0.2, 0.25) is 0 Å². The summed E-state index contributed by atoms with van der Waals surface area (Å²) in [6, 6.07) is 7.31. The number of carbonyl (C=O) groups is 1. The lowest BCUT2D eigenvalue weighted by molar-refractivity contribution is 0.0698. The van der Waals surface area contributed by atoms with E-state index >= 15 is 0 Å². The summed E-state index contributed by atoms with van der Waals surface area (Å²) in [5, 5.41) is 21.0. The van der Waals surface area contributed by atoms with Crippen LogP contribution in [0, 0.1) is 6.92 Å². The third kappa shape index (κ3) is 1.34. The zero-order chi connectivity index (χ0) is 12.0. The van der Waals surface area contributed by atoms with E-state index < -0.39 is 5.97 Å². The number of nitrogens with zero attached hydrogens (tertiary/aromatic N) is 4. The number of benzene rings is 1. The molecule has 2 aromatic heterocycles. The fourth-order valence-electron chi connectivity index (χ4n) is 1.88. The number of hydrogen-bond donors (Lipinski definition) is 1. The van der Waals surface area contributed by atoms with Gasteiger partial charge in [-0.05, 0) is 35.5 Å². The number of hydrogen-bond acceptors (Lipinski definition) is 4. The van der Waals surface area contributed by atoms with Crippen LogP contribution in [-0.2, 0) is 0 Å². The predicted octanol–water partition coefficient (Wildman–Crippen LogP) is 1.28. The van der Waals surface area contributed by atoms with Gasteiger partial charge >= 0.3 is 5.97 Å². The number of tetrazole rings is 1. The van der Waals surface area contributed by atoms with Gasteiger partial charge < -0.3 is 5.11 Å². The van der Waals surface area contributed by atoms with Crippen LogP contribution in [0.4, 0.5) is 0 Å². The van der Waals surface area contributed by atoms with Gasteiger partial charge in [-0.15, -0.1) is 5.10 Å². The van der Waals surface area contributed by atoms with Crippen molar-refractivity contribution in [1.82, 2.24) is 20.0 Å². The van der Waals surface area contributed by atoms with Gasteiger partial charge in [-0.2, -0.15) is 4.52 Å². The first kappa shape index (κ1) is 9.71. The summed E-state index contributed by atoms with van der Waals surface area (Å²) in [6.45, 7) is 1.95. The summed E-state index contributed by atoms with van der Waals surface area (Å²) in [5.74, 6) is -1.03. The molecule has 6 nitrogen and oxygen atoms in total. The molecule has 3 rings (SSSR count). The molecular weight excluding hydrogens is 220 g/mol. The first-order chi connectivity index (χ1) is 8.16. The zero-order valence-electron chi connectivity index (χ0n) is 8.95. The Morgan fingerprint density at radius 1 is 1.35 bits per heavy atom. The molecule has 0 amide bonds. The summed E-state index contributed by atoms with van der Waals surface area (Å²) in [5.41, 5.74) is 2.21. The number of fused-ring (bicyclic) bond motifs is 3. The highest BCUT2D eigenvalue weighted by Crippen LogP contribution is 2.20. The second-order valence-corrected chi connectivity index (χ2v) is 3.84. The molecule has 0 bridgehead atoms. The van der Waals surface area contributed by atoms with Crippen LogP contribution < -0.4 is 0 Å². The number of rotatable bonds is 1. The average molecular weight is 228 g/mol. The van der Waals surface area contributed by atoms with E-state index in [0.29, 0.717) is 0 Å². The van der Waals surface area contributed by atoms with Crippen LogP contribution >= 0.6 is 0 Å². The summed E-state index contributed by atoms with van der Waals surface area (Å²) in [4.78, 5) is 11.1. The van der Waals surface area contributed by atoms with Crippen LogP contribution in [0.15, 0.2) is 24.3 Å². The van der Waals surface area contributed by atoms with Crippen molar-refractivity contribution in [3.05, 3.63) is 35.4 Å². The standard InChI is InChI=1S/C11H8N4O2/c1-6-2-3-9-7(4-6)5-8(11(16)17)10-12-13-14-15(9)10/h2-5H,1H3,(H,16,17). The Hall–Kier alpha value is -2.50. The maximum atomic E-state index is 11.1. The van der Waals surface area contributed by atoms with Gasteiger partial charge in [0.05, 0.1) is 5.52 Å². The number of aromatic carboxylic acids is 1. The van der Waals surface area contributed by atoms with E-state index in [-0.39, 0.29) is 11.2 Å². The van der Waals surface area contributed by atoms with E-state index in [4.69, 9.17) is 5.11 Å². The minimum atomic E-state index is -1.03. The highest BCUT2D eigenvalue weighted by Gasteiger charge is 2.14. The molecule has 0 radical (unpaired) electrons. The smallest absolute Gasteiger partial charge is 0.339 e. The molecule has 0 saturated heterocycles. The average Bonchev–Trinajstić information content (AvgIpc) is 2.76. The minimum Gasteiger partial charge on any atom is -0.478 e. The Morgan fingerprint density at radius 3 is 2.94 bits per heavy atom. The monoisotopic (exact) mass is 228 g/mol. The molecule has 0 aliphatic rings. The topological polar surface area (TPSA) is 80.4 Å². The van der Waals surface area contributed by atoms with Crippen LogP contribution in [-0.4, -0.2) is 31.1 Å². The summed E-state index contributed by atoms with van der Waals surface area (Å²) >= 11 is 0. The van der Waals surface area contributed by atoms with Gasteiger partial charge in [-0.1, -0.05) is 11.6 Å².